The molecular weight excluding hydrogens is 386 g/mol. The average Bonchev–Trinajstić information content (AvgIpc) is 2.75. The van der Waals surface area contributed by atoms with Crippen molar-refractivity contribution in [2.24, 2.45) is 5.10 Å². The Morgan fingerprint density at radius 3 is 2.53 bits per heavy atom. The van der Waals surface area contributed by atoms with Crippen LogP contribution in [0, 0.1) is 0 Å². The Morgan fingerprint density at radius 2 is 1.77 bits per heavy atom. The van der Waals surface area contributed by atoms with E-state index in [0.717, 1.165) is 12.1 Å². The molecule has 0 saturated heterocycles. The van der Waals surface area contributed by atoms with E-state index < -0.39 is 11.9 Å². The number of ether oxygens (including phenoxy) is 1. The van der Waals surface area contributed by atoms with E-state index in [4.69, 9.17) is 4.74 Å². The molecule has 0 aliphatic heterocycles. The van der Waals surface area contributed by atoms with Crippen molar-refractivity contribution in [1.29, 1.82) is 0 Å². The molecule has 0 aliphatic carbocycles. The third-order valence-electron chi connectivity index (χ3n) is 3.85. The number of phenols is 2. The molecule has 1 amide bonds. The summed E-state index contributed by atoms with van der Waals surface area (Å²) in [6.45, 7) is 0. The van der Waals surface area contributed by atoms with Crippen LogP contribution in [0.1, 0.15) is 21.5 Å². The lowest BCUT2D eigenvalue weighted by Crippen LogP contribution is -2.17. The molecule has 0 saturated carbocycles. The zero-order valence-electron chi connectivity index (χ0n) is 15.6. The second-order valence-corrected chi connectivity index (χ2v) is 5.97. The van der Waals surface area contributed by atoms with Gasteiger partial charge in [-0.15, -0.1) is 0 Å². The van der Waals surface area contributed by atoms with Crippen LogP contribution in [0.25, 0.3) is 6.08 Å². The van der Waals surface area contributed by atoms with Gasteiger partial charge in [-0.05, 0) is 42.5 Å². The first-order valence-electron chi connectivity index (χ1n) is 8.77. The number of carbonyl (C=O) groups is 2. The minimum absolute atomic E-state index is 0.0866. The number of pyridine rings is 1. The number of nitrogens with zero attached hydrogens (tertiary/aromatic N) is 2. The lowest BCUT2D eigenvalue weighted by atomic mass is 10.2. The number of hydrogen-bond donors (Lipinski definition) is 3. The molecule has 8 heteroatoms. The summed E-state index contributed by atoms with van der Waals surface area (Å²) < 4.78 is 5.30. The van der Waals surface area contributed by atoms with Crippen LogP contribution in [0.2, 0.25) is 0 Å². The van der Waals surface area contributed by atoms with Crippen molar-refractivity contribution in [2.75, 3.05) is 0 Å². The van der Waals surface area contributed by atoms with E-state index in [1.165, 1.54) is 36.8 Å². The molecule has 3 aromatic rings. The number of phenolic OH excluding ortho intramolecular Hbond substituents is 2. The van der Waals surface area contributed by atoms with E-state index in [9.17, 15) is 19.8 Å². The number of hydrogen-bond acceptors (Lipinski definition) is 7. The first-order chi connectivity index (χ1) is 14.5. The predicted molar refractivity (Wildman–Crippen MR) is 110 cm³/mol. The molecule has 2 aromatic carbocycles. The van der Waals surface area contributed by atoms with E-state index >= 15 is 0 Å². The predicted octanol–water partition coefficient (Wildman–Crippen LogP) is 2.88. The summed E-state index contributed by atoms with van der Waals surface area (Å²) in [6, 6.07) is 13.8. The number of aromatic nitrogens is 1. The normalized spacial score (nSPS) is 10.9. The second kappa shape index (κ2) is 9.65. The summed E-state index contributed by atoms with van der Waals surface area (Å²) >= 11 is 0. The van der Waals surface area contributed by atoms with E-state index in [2.05, 4.69) is 15.5 Å². The smallest absolute Gasteiger partial charge is 0.336 e. The van der Waals surface area contributed by atoms with Crippen LogP contribution in [-0.4, -0.2) is 33.3 Å². The van der Waals surface area contributed by atoms with Gasteiger partial charge in [0, 0.05) is 41.2 Å². The highest BCUT2D eigenvalue weighted by Crippen LogP contribution is 2.23. The van der Waals surface area contributed by atoms with Gasteiger partial charge in [-0.1, -0.05) is 12.1 Å². The minimum Gasteiger partial charge on any atom is -0.508 e. The summed E-state index contributed by atoms with van der Waals surface area (Å²) in [6.07, 6.45) is 6.86. The molecule has 8 nitrogen and oxygen atoms in total. The van der Waals surface area contributed by atoms with Crippen molar-refractivity contribution in [2.45, 2.75) is 0 Å². The van der Waals surface area contributed by atoms with Crippen molar-refractivity contribution in [3.05, 3.63) is 89.8 Å². The van der Waals surface area contributed by atoms with Gasteiger partial charge in [0.15, 0.2) is 0 Å². The van der Waals surface area contributed by atoms with E-state index in [1.54, 1.807) is 36.4 Å². The first-order valence-corrected chi connectivity index (χ1v) is 8.77. The highest BCUT2D eigenvalue weighted by Gasteiger charge is 2.07. The Bertz CT molecular complexity index is 1110. The molecule has 0 radical (unpaired) electrons. The van der Waals surface area contributed by atoms with Crippen LogP contribution in [0.5, 0.6) is 17.2 Å². The molecule has 0 fully saturated rings. The molecule has 1 aromatic heterocycles. The third-order valence-corrected chi connectivity index (χ3v) is 3.85. The van der Waals surface area contributed by atoms with Crippen molar-refractivity contribution < 1.29 is 24.5 Å². The number of rotatable bonds is 6. The Labute approximate surface area is 171 Å². The largest absolute Gasteiger partial charge is 0.508 e. The van der Waals surface area contributed by atoms with Gasteiger partial charge in [-0.3, -0.25) is 9.78 Å². The lowest BCUT2D eigenvalue weighted by Gasteiger charge is -2.05. The van der Waals surface area contributed by atoms with Gasteiger partial charge >= 0.3 is 5.97 Å². The van der Waals surface area contributed by atoms with Crippen LogP contribution in [-0.2, 0) is 4.79 Å². The zero-order valence-corrected chi connectivity index (χ0v) is 15.6. The van der Waals surface area contributed by atoms with Crippen LogP contribution >= 0.6 is 0 Å². The first kappa shape index (κ1) is 20.3. The van der Waals surface area contributed by atoms with E-state index in [-0.39, 0.29) is 17.2 Å². The average molecular weight is 403 g/mol. The molecule has 0 atom stereocenters. The van der Waals surface area contributed by atoms with Gasteiger partial charge in [0.05, 0.1) is 6.21 Å². The summed E-state index contributed by atoms with van der Waals surface area (Å²) in [5, 5.41) is 22.9. The molecule has 1 heterocycles. The molecular formula is C22H17N3O5. The molecule has 150 valence electrons. The highest BCUT2D eigenvalue weighted by molar-refractivity contribution is 5.95. The number of nitrogens with one attached hydrogen (secondary N) is 1. The van der Waals surface area contributed by atoms with Crippen LogP contribution in [0.3, 0.4) is 0 Å². The zero-order chi connectivity index (χ0) is 21.3. The van der Waals surface area contributed by atoms with E-state index in [1.807, 2.05) is 0 Å². The molecule has 0 unspecified atom stereocenters. The van der Waals surface area contributed by atoms with Crippen LogP contribution in [0.4, 0.5) is 0 Å². The van der Waals surface area contributed by atoms with E-state index in [0.29, 0.717) is 16.7 Å². The summed E-state index contributed by atoms with van der Waals surface area (Å²) in [4.78, 5) is 27.9. The SMILES string of the molecule is O=C(/C=C/c1ccc(O)cc1O)Oc1ccccc1/C=N/NC(=O)c1ccncc1. The monoisotopic (exact) mass is 403 g/mol. The summed E-state index contributed by atoms with van der Waals surface area (Å²) in [5.74, 6) is -1.10. The molecule has 0 aliphatic rings. The number of amides is 1. The van der Waals surface area contributed by atoms with Crippen molar-refractivity contribution in [1.82, 2.24) is 10.4 Å². The summed E-state index contributed by atoms with van der Waals surface area (Å²) in [5.41, 5.74) is 3.61. The topological polar surface area (TPSA) is 121 Å². The number of carbonyl (C=O) groups excluding carboxylic acids is 2. The molecule has 3 rings (SSSR count). The molecule has 0 bridgehead atoms. The van der Waals surface area contributed by atoms with Gasteiger partial charge in [-0.25, -0.2) is 10.2 Å². The van der Waals surface area contributed by atoms with Crippen molar-refractivity contribution >= 4 is 24.2 Å². The molecule has 0 spiro atoms. The Hall–Kier alpha value is -4.46. The fourth-order valence-corrected chi connectivity index (χ4v) is 2.38. The Kier molecular flexibility index (Phi) is 6.52. The fraction of sp³-hybridized carbons (Fsp3) is 0. The van der Waals surface area contributed by atoms with Gasteiger partial charge in [0.2, 0.25) is 0 Å². The number of para-hydroxylation sites is 1. The number of hydrazone groups is 1. The lowest BCUT2D eigenvalue weighted by molar-refractivity contribution is -0.128. The maximum atomic E-state index is 12.1. The second-order valence-electron chi connectivity index (χ2n) is 5.97. The fourth-order valence-electron chi connectivity index (χ4n) is 2.38. The number of benzene rings is 2. The van der Waals surface area contributed by atoms with Crippen LogP contribution < -0.4 is 10.2 Å². The highest BCUT2D eigenvalue weighted by atomic mass is 16.5. The summed E-state index contributed by atoms with van der Waals surface area (Å²) in [7, 11) is 0. The molecule has 30 heavy (non-hydrogen) atoms. The Balaban J connectivity index is 1.65. The van der Waals surface area contributed by atoms with Gasteiger partial charge in [0.1, 0.15) is 17.2 Å². The van der Waals surface area contributed by atoms with Gasteiger partial charge < -0.3 is 14.9 Å². The van der Waals surface area contributed by atoms with Gasteiger partial charge in [0.25, 0.3) is 5.91 Å². The Morgan fingerprint density at radius 1 is 1.00 bits per heavy atom. The maximum Gasteiger partial charge on any atom is 0.336 e. The van der Waals surface area contributed by atoms with Gasteiger partial charge in [-0.2, -0.15) is 5.10 Å². The third kappa shape index (κ3) is 5.52. The maximum absolute atomic E-state index is 12.1. The quantitative estimate of drug-likeness (QED) is 0.191. The number of aromatic hydroxyl groups is 2. The van der Waals surface area contributed by atoms with Crippen molar-refractivity contribution in [3.63, 3.8) is 0 Å². The van der Waals surface area contributed by atoms with Crippen molar-refractivity contribution in [3.8, 4) is 17.2 Å². The standard InChI is InChI=1S/C22H17N3O5/c26-18-7-5-15(19(27)13-18)6-8-21(28)30-20-4-2-1-3-17(20)14-24-25-22(29)16-9-11-23-12-10-16/h1-14,26-27H,(H,25,29)/b8-6+,24-14+. The minimum atomic E-state index is -0.677. The van der Waals surface area contributed by atoms with Crippen LogP contribution in [0.15, 0.2) is 78.2 Å². The molecule has 3 N–H and O–H groups in total. The number of esters is 1.